The number of aryl methyl sites for hydroxylation is 3. The van der Waals surface area contributed by atoms with Crippen LogP contribution in [-0.4, -0.2) is 15.6 Å². The number of nitrogens with zero attached hydrogens (tertiary/aromatic N) is 1. The molecule has 7 heteroatoms. The first-order chi connectivity index (χ1) is 13.6. The molecule has 0 aliphatic carbocycles. The lowest BCUT2D eigenvalue weighted by molar-refractivity contribution is -0.137. The van der Waals surface area contributed by atoms with E-state index in [1.165, 1.54) is 23.7 Å². The molecule has 0 aliphatic rings. The fourth-order valence-corrected chi connectivity index (χ4v) is 3.56. The molecule has 2 aromatic carbocycles. The molecule has 3 aromatic rings. The molecule has 0 spiro atoms. The van der Waals surface area contributed by atoms with Crippen LogP contribution in [0.15, 0.2) is 47.3 Å². The normalized spacial score (nSPS) is 11.8. The van der Waals surface area contributed by atoms with Gasteiger partial charge in [0.15, 0.2) is 0 Å². The van der Waals surface area contributed by atoms with Crippen molar-refractivity contribution in [1.29, 1.82) is 0 Å². The molecule has 0 saturated heterocycles. The third-order valence-corrected chi connectivity index (χ3v) is 4.93. The number of carbonyl (C=O) groups is 1. The van der Waals surface area contributed by atoms with Crippen LogP contribution in [0.4, 0.5) is 13.2 Å². The number of hydrogen-bond donors (Lipinski definition) is 1. The van der Waals surface area contributed by atoms with E-state index in [0.717, 1.165) is 0 Å². The van der Waals surface area contributed by atoms with Crippen molar-refractivity contribution in [1.82, 2.24) is 4.57 Å². The topological polar surface area (TPSA) is 59.3 Å². The third-order valence-electron chi connectivity index (χ3n) is 4.93. The first-order valence-electron chi connectivity index (χ1n) is 9.07. The van der Waals surface area contributed by atoms with E-state index in [4.69, 9.17) is 5.11 Å². The second kappa shape index (κ2) is 7.73. The van der Waals surface area contributed by atoms with E-state index < -0.39 is 23.3 Å². The zero-order valence-electron chi connectivity index (χ0n) is 16.0. The van der Waals surface area contributed by atoms with Gasteiger partial charge >= 0.3 is 12.1 Å². The Morgan fingerprint density at radius 1 is 1.10 bits per heavy atom. The molecule has 0 aliphatic heterocycles. The predicted molar refractivity (Wildman–Crippen MR) is 104 cm³/mol. The van der Waals surface area contributed by atoms with Crippen molar-refractivity contribution < 1.29 is 23.1 Å². The molecule has 0 atom stereocenters. The highest BCUT2D eigenvalue weighted by atomic mass is 19.4. The average molecular weight is 403 g/mol. The van der Waals surface area contributed by atoms with Gasteiger partial charge in [0.2, 0.25) is 0 Å². The van der Waals surface area contributed by atoms with E-state index in [1.807, 2.05) is 0 Å². The Balaban J connectivity index is 2.17. The molecule has 0 bridgehead atoms. The van der Waals surface area contributed by atoms with Crippen LogP contribution in [0.5, 0.6) is 0 Å². The fourth-order valence-electron chi connectivity index (χ4n) is 3.56. The Hall–Kier alpha value is -3.09. The Morgan fingerprint density at radius 3 is 2.45 bits per heavy atom. The molecular formula is C22H20F3NO3. The third kappa shape index (κ3) is 4.34. The smallest absolute Gasteiger partial charge is 0.417 e. The van der Waals surface area contributed by atoms with E-state index in [0.29, 0.717) is 16.7 Å². The van der Waals surface area contributed by atoms with Crippen molar-refractivity contribution in [3.8, 4) is 0 Å². The van der Waals surface area contributed by atoms with Crippen LogP contribution >= 0.6 is 0 Å². The number of carboxylic acids is 1. The predicted octanol–water partition coefficient (Wildman–Crippen LogP) is 4.47. The van der Waals surface area contributed by atoms with Crippen molar-refractivity contribution in [3.63, 3.8) is 0 Å². The number of benzene rings is 2. The number of rotatable bonds is 5. The molecule has 3 rings (SSSR count). The van der Waals surface area contributed by atoms with Crippen molar-refractivity contribution in [2.24, 2.45) is 7.05 Å². The summed E-state index contributed by atoms with van der Waals surface area (Å²) in [7, 11) is 1.47. The first-order valence-corrected chi connectivity index (χ1v) is 9.07. The van der Waals surface area contributed by atoms with Gasteiger partial charge in [-0.05, 0) is 36.6 Å². The molecule has 1 aromatic heterocycles. The van der Waals surface area contributed by atoms with Crippen LogP contribution in [0.3, 0.4) is 0 Å². The quantitative estimate of drug-likeness (QED) is 0.684. The zero-order valence-corrected chi connectivity index (χ0v) is 16.0. The fraction of sp³-hybridized carbons (Fsp3) is 0.273. The number of fused-ring (bicyclic) bond motifs is 1. The molecule has 29 heavy (non-hydrogen) atoms. The van der Waals surface area contributed by atoms with Crippen LogP contribution in [0, 0.1) is 6.92 Å². The van der Waals surface area contributed by atoms with Gasteiger partial charge in [-0.3, -0.25) is 9.59 Å². The lowest BCUT2D eigenvalue weighted by Gasteiger charge is -2.18. The standard InChI is InChI=1S/C22H20F3NO3/c1-13-6-8-18-16(10-13)20(22(23,24)25)17(21(29)26(18)2)12-15-5-3-4-14(11-15)7-9-19(27)28/h3-6,8,10-11H,7,9,12H2,1-2H3,(H,27,28). The van der Waals surface area contributed by atoms with Gasteiger partial charge < -0.3 is 9.67 Å². The summed E-state index contributed by atoms with van der Waals surface area (Å²) in [4.78, 5) is 23.6. The zero-order chi connectivity index (χ0) is 21.3. The minimum Gasteiger partial charge on any atom is -0.481 e. The van der Waals surface area contributed by atoms with E-state index in [-0.39, 0.29) is 35.7 Å². The van der Waals surface area contributed by atoms with Gasteiger partial charge in [-0.1, -0.05) is 35.9 Å². The van der Waals surface area contributed by atoms with Gasteiger partial charge in [0.25, 0.3) is 5.56 Å². The van der Waals surface area contributed by atoms with Crippen LogP contribution in [0.1, 0.15) is 34.2 Å². The largest absolute Gasteiger partial charge is 0.481 e. The summed E-state index contributed by atoms with van der Waals surface area (Å²) in [6.07, 6.45) is -4.68. The highest BCUT2D eigenvalue weighted by Gasteiger charge is 2.37. The molecule has 0 saturated carbocycles. The Kier molecular flexibility index (Phi) is 5.50. The second-order valence-corrected chi connectivity index (χ2v) is 7.13. The summed E-state index contributed by atoms with van der Waals surface area (Å²) in [5.41, 5.74) is 0.220. The molecule has 0 fully saturated rings. The van der Waals surface area contributed by atoms with E-state index in [2.05, 4.69) is 0 Å². The Morgan fingerprint density at radius 2 is 1.79 bits per heavy atom. The van der Waals surface area contributed by atoms with E-state index in [1.54, 1.807) is 37.3 Å². The van der Waals surface area contributed by atoms with Crippen molar-refractivity contribution in [3.05, 3.63) is 80.6 Å². The summed E-state index contributed by atoms with van der Waals surface area (Å²) < 4.78 is 43.2. The monoisotopic (exact) mass is 403 g/mol. The van der Waals surface area contributed by atoms with Crippen molar-refractivity contribution in [2.75, 3.05) is 0 Å². The summed E-state index contributed by atoms with van der Waals surface area (Å²) >= 11 is 0. The molecule has 152 valence electrons. The molecule has 0 unspecified atom stereocenters. The van der Waals surface area contributed by atoms with Crippen LogP contribution in [-0.2, 0) is 30.9 Å². The SMILES string of the molecule is Cc1ccc2c(c1)c(C(F)(F)F)c(Cc1cccc(CCC(=O)O)c1)c(=O)n2C. The molecule has 0 amide bonds. The maximum Gasteiger partial charge on any atom is 0.417 e. The summed E-state index contributed by atoms with van der Waals surface area (Å²) in [6, 6.07) is 11.3. The number of aliphatic carboxylic acids is 1. The first kappa shape index (κ1) is 20.6. The number of aromatic nitrogens is 1. The van der Waals surface area contributed by atoms with Crippen LogP contribution < -0.4 is 5.56 Å². The van der Waals surface area contributed by atoms with E-state index >= 15 is 0 Å². The number of hydrogen-bond acceptors (Lipinski definition) is 2. The minimum atomic E-state index is -4.68. The van der Waals surface area contributed by atoms with Gasteiger partial charge in [-0.2, -0.15) is 13.2 Å². The van der Waals surface area contributed by atoms with Gasteiger partial charge in [-0.25, -0.2) is 0 Å². The molecule has 1 N–H and O–H groups in total. The van der Waals surface area contributed by atoms with Crippen molar-refractivity contribution in [2.45, 2.75) is 32.4 Å². The lowest BCUT2D eigenvalue weighted by atomic mass is 9.95. The summed E-state index contributed by atoms with van der Waals surface area (Å²) in [5, 5.41) is 8.82. The molecule has 0 radical (unpaired) electrons. The average Bonchev–Trinajstić information content (AvgIpc) is 2.63. The van der Waals surface area contributed by atoms with Gasteiger partial charge in [-0.15, -0.1) is 0 Å². The molecule has 1 heterocycles. The maximum absolute atomic E-state index is 14.0. The van der Waals surface area contributed by atoms with Crippen LogP contribution in [0.25, 0.3) is 10.9 Å². The molecular weight excluding hydrogens is 383 g/mol. The highest BCUT2D eigenvalue weighted by molar-refractivity contribution is 5.85. The Labute approximate surface area is 165 Å². The van der Waals surface area contributed by atoms with Crippen LogP contribution in [0.2, 0.25) is 0 Å². The lowest BCUT2D eigenvalue weighted by Crippen LogP contribution is -2.27. The summed E-state index contributed by atoms with van der Waals surface area (Å²) in [6.45, 7) is 1.70. The minimum absolute atomic E-state index is 0.00312. The van der Waals surface area contributed by atoms with E-state index in [9.17, 15) is 22.8 Å². The van der Waals surface area contributed by atoms with Gasteiger partial charge in [0.05, 0.1) is 11.1 Å². The number of alkyl halides is 3. The highest BCUT2D eigenvalue weighted by Crippen LogP contribution is 2.37. The Bertz CT molecular complexity index is 1150. The number of carboxylic acid groups (broad SMARTS) is 1. The number of pyridine rings is 1. The van der Waals surface area contributed by atoms with Crippen molar-refractivity contribution >= 4 is 16.9 Å². The van der Waals surface area contributed by atoms with Gasteiger partial charge in [0.1, 0.15) is 0 Å². The maximum atomic E-state index is 14.0. The molecule has 4 nitrogen and oxygen atoms in total. The summed E-state index contributed by atoms with van der Waals surface area (Å²) in [5.74, 6) is -0.950. The second-order valence-electron chi connectivity index (χ2n) is 7.13. The number of halogens is 3. The van der Waals surface area contributed by atoms with Gasteiger partial charge in [0, 0.05) is 30.8 Å².